The van der Waals surface area contributed by atoms with E-state index in [0.29, 0.717) is 16.9 Å². The number of benzene rings is 3. The molecule has 0 aliphatic carbocycles. The Bertz CT molecular complexity index is 1260. The van der Waals surface area contributed by atoms with Crippen molar-refractivity contribution in [3.63, 3.8) is 0 Å². The highest BCUT2D eigenvalue weighted by atomic mass is 32.2. The molecule has 6 nitrogen and oxygen atoms in total. The number of terminal acetylenes is 1. The van der Waals surface area contributed by atoms with Crippen molar-refractivity contribution in [2.24, 2.45) is 0 Å². The summed E-state index contributed by atoms with van der Waals surface area (Å²) < 4.78 is 38.9. The van der Waals surface area contributed by atoms with Crippen molar-refractivity contribution >= 4 is 21.7 Å². The van der Waals surface area contributed by atoms with Crippen LogP contribution in [-0.4, -0.2) is 28.6 Å². The molecule has 0 heterocycles. The quantitative estimate of drug-likeness (QED) is 0.400. The zero-order chi connectivity index (χ0) is 23.3. The number of carbonyl (C=O) groups is 1. The number of rotatable bonds is 7. The Morgan fingerprint density at radius 3 is 2.25 bits per heavy atom. The van der Waals surface area contributed by atoms with Crippen molar-refractivity contribution in [2.45, 2.75) is 18.4 Å². The fourth-order valence-corrected chi connectivity index (χ4v) is 4.90. The molecule has 0 amide bonds. The summed E-state index contributed by atoms with van der Waals surface area (Å²) in [6, 6.07) is 18.3. The van der Waals surface area contributed by atoms with E-state index in [1.807, 2.05) is 30.3 Å². The van der Waals surface area contributed by atoms with E-state index in [0.717, 1.165) is 5.56 Å². The molecule has 0 atom stereocenters. The molecule has 3 aromatic rings. The third-order valence-electron chi connectivity index (χ3n) is 4.94. The second-order valence-corrected chi connectivity index (χ2v) is 8.86. The zero-order valence-electron chi connectivity index (χ0n) is 18.0. The number of sulfonamides is 1. The molecule has 3 rings (SSSR count). The van der Waals surface area contributed by atoms with E-state index in [1.165, 1.54) is 36.7 Å². The number of carbonyl (C=O) groups excluding carboxylic acids is 1. The Kier molecular flexibility index (Phi) is 6.86. The summed E-state index contributed by atoms with van der Waals surface area (Å²) in [6.07, 6.45) is 5.54. The molecule has 0 fully saturated rings. The smallest absolute Gasteiger partial charge is 0.340 e. The average Bonchev–Trinajstić information content (AvgIpc) is 2.82. The maximum Gasteiger partial charge on any atom is 0.340 e. The molecule has 0 spiro atoms. The largest absolute Gasteiger partial charge is 0.497 e. The Balaban J connectivity index is 2.26. The average molecular weight is 450 g/mol. The van der Waals surface area contributed by atoms with Crippen molar-refractivity contribution in [3.05, 3.63) is 89.0 Å². The molecule has 0 radical (unpaired) electrons. The van der Waals surface area contributed by atoms with E-state index in [4.69, 9.17) is 15.9 Å². The number of nitrogens with zero attached hydrogens (tertiary/aromatic N) is 1. The topological polar surface area (TPSA) is 72.9 Å². The molecule has 0 aliphatic heterocycles. The van der Waals surface area contributed by atoms with Crippen LogP contribution in [0.15, 0.2) is 71.6 Å². The van der Waals surface area contributed by atoms with E-state index in [2.05, 4.69) is 5.92 Å². The molecule has 0 saturated carbocycles. The van der Waals surface area contributed by atoms with Gasteiger partial charge >= 0.3 is 5.97 Å². The molecule has 0 unspecified atom stereocenters. The number of ether oxygens (including phenoxy) is 2. The summed E-state index contributed by atoms with van der Waals surface area (Å²) in [7, 11) is -1.32. The van der Waals surface area contributed by atoms with Gasteiger partial charge in [0.25, 0.3) is 10.0 Å². The van der Waals surface area contributed by atoms with Gasteiger partial charge < -0.3 is 9.47 Å². The normalized spacial score (nSPS) is 10.8. The van der Waals surface area contributed by atoms with Crippen LogP contribution >= 0.6 is 0 Å². The van der Waals surface area contributed by atoms with Gasteiger partial charge in [-0.05, 0) is 54.4 Å². The summed E-state index contributed by atoms with van der Waals surface area (Å²) in [5.74, 6) is 2.35. The van der Waals surface area contributed by atoms with Crippen LogP contribution in [0.5, 0.6) is 5.75 Å². The van der Waals surface area contributed by atoms with Crippen LogP contribution in [0.1, 0.15) is 27.0 Å². The van der Waals surface area contributed by atoms with Gasteiger partial charge in [-0.2, -0.15) is 0 Å². The second kappa shape index (κ2) is 9.58. The predicted octanol–water partition coefficient (Wildman–Crippen LogP) is 4.17. The highest BCUT2D eigenvalue weighted by molar-refractivity contribution is 7.92. The number of esters is 1. The molecular weight excluding hydrogens is 426 g/mol. The summed E-state index contributed by atoms with van der Waals surface area (Å²) in [6.45, 7) is 1.72. The predicted molar refractivity (Wildman–Crippen MR) is 123 cm³/mol. The van der Waals surface area contributed by atoms with Gasteiger partial charge in [0.15, 0.2) is 0 Å². The standard InChI is InChI=1S/C25H23NO5S/c1-5-19-15-18(2)24(23(16-19)25(27)31-4)26(17-20-9-7-6-8-10-20)32(28,29)22-13-11-21(30-3)12-14-22/h1,6-16H,17H2,2-4H3. The number of aryl methyl sites for hydroxylation is 1. The SMILES string of the molecule is C#Cc1cc(C)c(N(Cc2ccccc2)S(=O)(=O)c2ccc(OC)cc2)c(C(=O)OC)c1. The van der Waals surface area contributed by atoms with Crippen LogP contribution in [-0.2, 0) is 21.3 Å². The van der Waals surface area contributed by atoms with Crippen LogP contribution in [0.2, 0.25) is 0 Å². The van der Waals surface area contributed by atoms with Gasteiger partial charge in [0.05, 0.1) is 36.9 Å². The third-order valence-corrected chi connectivity index (χ3v) is 6.70. The van der Waals surface area contributed by atoms with E-state index < -0.39 is 16.0 Å². The van der Waals surface area contributed by atoms with Crippen LogP contribution in [0.25, 0.3) is 0 Å². The first-order valence-electron chi connectivity index (χ1n) is 9.72. The minimum atomic E-state index is -4.07. The number of methoxy groups -OCH3 is 2. The van der Waals surface area contributed by atoms with Gasteiger partial charge in [0, 0.05) is 5.56 Å². The van der Waals surface area contributed by atoms with Gasteiger partial charge in [-0.3, -0.25) is 4.31 Å². The van der Waals surface area contributed by atoms with Crippen LogP contribution in [0.3, 0.4) is 0 Å². The van der Waals surface area contributed by atoms with Crippen molar-refractivity contribution in [1.29, 1.82) is 0 Å². The van der Waals surface area contributed by atoms with Crippen LogP contribution < -0.4 is 9.04 Å². The number of hydrogen-bond acceptors (Lipinski definition) is 5. The summed E-state index contributed by atoms with van der Waals surface area (Å²) >= 11 is 0. The summed E-state index contributed by atoms with van der Waals surface area (Å²) in [4.78, 5) is 12.7. The molecule has 3 aromatic carbocycles. The van der Waals surface area contributed by atoms with Crippen molar-refractivity contribution in [2.75, 3.05) is 18.5 Å². The molecular formula is C25H23NO5S. The Labute approximate surface area is 188 Å². The highest BCUT2D eigenvalue weighted by Crippen LogP contribution is 2.34. The molecule has 0 N–H and O–H groups in total. The van der Waals surface area contributed by atoms with Gasteiger partial charge in [0.2, 0.25) is 0 Å². The Morgan fingerprint density at radius 1 is 1.03 bits per heavy atom. The van der Waals surface area contributed by atoms with Crippen molar-refractivity contribution < 1.29 is 22.7 Å². The Morgan fingerprint density at radius 2 is 1.69 bits per heavy atom. The van der Waals surface area contributed by atoms with Gasteiger partial charge in [-0.25, -0.2) is 13.2 Å². The highest BCUT2D eigenvalue weighted by Gasteiger charge is 2.31. The molecule has 164 valence electrons. The molecule has 0 aromatic heterocycles. The molecule has 0 aliphatic rings. The first-order chi connectivity index (χ1) is 15.3. The zero-order valence-corrected chi connectivity index (χ0v) is 18.8. The van der Waals surface area contributed by atoms with Gasteiger partial charge in [-0.1, -0.05) is 36.3 Å². The fourth-order valence-electron chi connectivity index (χ4n) is 3.37. The van der Waals surface area contributed by atoms with E-state index in [-0.39, 0.29) is 22.7 Å². The van der Waals surface area contributed by atoms with E-state index in [1.54, 1.807) is 25.1 Å². The lowest BCUT2D eigenvalue weighted by Crippen LogP contribution is -2.33. The van der Waals surface area contributed by atoms with E-state index >= 15 is 0 Å². The second-order valence-electron chi connectivity index (χ2n) is 7.00. The van der Waals surface area contributed by atoms with Crippen LogP contribution in [0.4, 0.5) is 5.69 Å². The number of hydrogen-bond donors (Lipinski definition) is 0. The maximum absolute atomic E-state index is 13.8. The van der Waals surface area contributed by atoms with Crippen molar-refractivity contribution in [1.82, 2.24) is 0 Å². The lowest BCUT2D eigenvalue weighted by molar-refractivity contribution is 0.0601. The molecule has 7 heteroatoms. The minimum absolute atomic E-state index is 0.00936. The first kappa shape index (κ1) is 22.9. The first-order valence-corrected chi connectivity index (χ1v) is 11.2. The molecule has 0 saturated heterocycles. The minimum Gasteiger partial charge on any atom is -0.497 e. The van der Waals surface area contributed by atoms with Crippen molar-refractivity contribution in [3.8, 4) is 18.1 Å². The van der Waals surface area contributed by atoms with E-state index in [9.17, 15) is 13.2 Å². The summed E-state index contributed by atoms with van der Waals surface area (Å²) in [5.41, 5.74) is 2.03. The number of anilines is 1. The van der Waals surface area contributed by atoms with Crippen LogP contribution in [0, 0.1) is 19.3 Å². The van der Waals surface area contributed by atoms with Gasteiger partial charge in [0.1, 0.15) is 5.75 Å². The summed E-state index contributed by atoms with van der Waals surface area (Å²) in [5, 5.41) is 0. The fraction of sp³-hybridized carbons (Fsp3) is 0.160. The molecule has 32 heavy (non-hydrogen) atoms. The third kappa shape index (κ3) is 4.61. The maximum atomic E-state index is 13.8. The molecule has 0 bridgehead atoms. The Hall–Kier alpha value is -3.76. The monoisotopic (exact) mass is 449 g/mol. The lowest BCUT2D eigenvalue weighted by atomic mass is 10.0. The van der Waals surface area contributed by atoms with Gasteiger partial charge in [-0.15, -0.1) is 6.42 Å². The lowest BCUT2D eigenvalue weighted by Gasteiger charge is -2.28.